The fourth-order valence-corrected chi connectivity index (χ4v) is 13.0. The van der Waals surface area contributed by atoms with Crippen LogP contribution >= 0.6 is 0 Å². The molecule has 0 aliphatic rings. The second-order valence-corrected chi connectivity index (χ2v) is 15.8. The molecule has 0 spiro atoms. The second kappa shape index (κ2) is 6.25. The molecule has 0 rings (SSSR count). The van der Waals surface area contributed by atoms with Crippen molar-refractivity contribution in [3.05, 3.63) is 0 Å². The van der Waals surface area contributed by atoms with Crippen molar-refractivity contribution in [3.63, 3.8) is 0 Å². The zero-order chi connectivity index (χ0) is 10.5. The Morgan fingerprint density at radius 1 is 0.923 bits per heavy atom. The van der Waals surface area contributed by atoms with E-state index in [0.717, 1.165) is 0 Å². The summed E-state index contributed by atoms with van der Waals surface area (Å²) < 4.78 is 12.8. The summed E-state index contributed by atoms with van der Waals surface area (Å²) in [5.74, 6) is 0. The van der Waals surface area contributed by atoms with Crippen LogP contribution in [-0.4, -0.2) is 33.4 Å². The molecule has 0 radical (unpaired) electrons. The van der Waals surface area contributed by atoms with Crippen LogP contribution in [0, 0.1) is 0 Å². The normalized spacial score (nSPS) is 17.1. The Labute approximate surface area is 88.0 Å². The van der Waals surface area contributed by atoms with Gasteiger partial charge in [-0.05, 0) is 0 Å². The van der Waals surface area contributed by atoms with E-state index < -0.39 is 19.2 Å². The molecule has 0 aliphatic heterocycles. The Hall–Kier alpha value is 0.719. The van der Waals surface area contributed by atoms with Crippen LogP contribution in [0.15, 0.2) is 0 Å². The van der Waals surface area contributed by atoms with E-state index in [4.69, 9.17) is 6.15 Å². The molecule has 0 amide bonds. The van der Waals surface area contributed by atoms with E-state index in [1.807, 2.05) is 14.2 Å². The molecule has 0 saturated heterocycles. The van der Waals surface area contributed by atoms with Crippen molar-refractivity contribution in [1.82, 2.24) is 0 Å². The molecule has 2 atom stereocenters. The first-order valence-electron chi connectivity index (χ1n) is 5.19. The summed E-state index contributed by atoms with van der Waals surface area (Å²) in [6.45, 7) is 8.98. The standard InChI is InChI=1S/2C4H9.2CH3O.Sn/c2*1-3-4-2;2*1-2;/h2*3H,4H2,1-2H3;2*1H3;/q;;2*-1;+2. The van der Waals surface area contributed by atoms with Gasteiger partial charge in [0.2, 0.25) is 0 Å². The quantitative estimate of drug-likeness (QED) is 0.700. The molecule has 0 aromatic carbocycles. The van der Waals surface area contributed by atoms with Gasteiger partial charge in [-0.25, -0.2) is 0 Å². The summed E-state index contributed by atoms with van der Waals surface area (Å²) in [5.41, 5.74) is 0. The topological polar surface area (TPSA) is 18.5 Å². The van der Waals surface area contributed by atoms with Crippen LogP contribution in [0.25, 0.3) is 0 Å². The van der Waals surface area contributed by atoms with Gasteiger partial charge in [0.1, 0.15) is 0 Å². The third-order valence-corrected chi connectivity index (χ3v) is 17.1. The summed E-state index contributed by atoms with van der Waals surface area (Å²) in [4.78, 5) is 0. The van der Waals surface area contributed by atoms with Gasteiger partial charge in [-0.2, -0.15) is 0 Å². The average molecular weight is 295 g/mol. The van der Waals surface area contributed by atoms with Gasteiger partial charge in [0.15, 0.2) is 0 Å². The van der Waals surface area contributed by atoms with Crippen LogP contribution in [0.4, 0.5) is 0 Å². The summed E-state index contributed by atoms with van der Waals surface area (Å²) in [6.07, 6.45) is 2.34. The van der Waals surface area contributed by atoms with Gasteiger partial charge in [-0.3, -0.25) is 0 Å². The number of hydrogen-bond acceptors (Lipinski definition) is 2. The Morgan fingerprint density at radius 3 is 1.38 bits per heavy atom. The summed E-state index contributed by atoms with van der Waals surface area (Å²) >= 11 is -2.74. The Balaban J connectivity index is 4.67. The van der Waals surface area contributed by atoms with Gasteiger partial charge < -0.3 is 0 Å². The zero-order valence-electron chi connectivity index (χ0n) is 9.89. The number of hydrogen-bond donors (Lipinski definition) is 0. The van der Waals surface area contributed by atoms with E-state index in [9.17, 15) is 0 Å². The minimum absolute atomic E-state index is 0.638. The molecule has 0 N–H and O–H groups in total. The molecule has 2 unspecified atom stereocenters. The predicted molar refractivity (Wildman–Crippen MR) is 59.2 cm³/mol. The van der Waals surface area contributed by atoms with Crippen LogP contribution in [0.3, 0.4) is 0 Å². The third kappa shape index (κ3) is 2.83. The molecule has 0 aromatic heterocycles. The molecule has 0 aliphatic carbocycles. The molecule has 80 valence electrons. The van der Waals surface area contributed by atoms with Crippen molar-refractivity contribution in [2.45, 2.75) is 48.4 Å². The molecule has 0 heterocycles. The van der Waals surface area contributed by atoms with Crippen LogP contribution in [0.5, 0.6) is 0 Å². The first-order valence-corrected chi connectivity index (χ1v) is 10.8. The average Bonchev–Trinajstić information content (AvgIpc) is 2.19. The van der Waals surface area contributed by atoms with Crippen molar-refractivity contribution in [2.75, 3.05) is 14.2 Å². The van der Waals surface area contributed by atoms with Gasteiger partial charge in [-0.1, -0.05) is 0 Å². The fourth-order valence-electron chi connectivity index (χ4n) is 1.94. The van der Waals surface area contributed by atoms with Crippen molar-refractivity contribution < 1.29 is 6.15 Å². The van der Waals surface area contributed by atoms with E-state index in [0.29, 0.717) is 7.87 Å². The predicted octanol–water partition coefficient (Wildman–Crippen LogP) is 3.32. The van der Waals surface area contributed by atoms with Crippen LogP contribution in [-0.2, 0) is 6.15 Å². The maximum absolute atomic E-state index is 5.78. The van der Waals surface area contributed by atoms with Gasteiger partial charge in [0, 0.05) is 0 Å². The Bertz CT molecular complexity index is 123. The van der Waals surface area contributed by atoms with Crippen LogP contribution < -0.4 is 0 Å². The SMILES string of the molecule is CC[CH](C)[Sn]([O]C)([O]C)[CH](C)CC. The fraction of sp³-hybridized carbons (Fsp3) is 1.00. The van der Waals surface area contributed by atoms with E-state index in [1.165, 1.54) is 12.8 Å². The van der Waals surface area contributed by atoms with Crippen molar-refractivity contribution in [3.8, 4) is 0 Å². The monoisotopic (exact) mass is 296 g/mol. The van der Waals surface area contributed by atoms with E-state index in [2.05, 4.69) is 27.7 Å². The minimum atomic E-state index is -2.74. The van der Waals surface area contributed by atoms with Gasteiger partial charge in [-0.15, -0.1) is 0 Å². The molecule has 0 saturated carbocycles. The van der Waals surface area contributed by atoms with Gasteiger partial charge in [0.05, 0.1) is 0 Å². The van der Waals surface area contributed by atoms with E-state index in [1.54, 1.807) is 0 Å². The van der Waals surface area contributed by atoms with Crippen LogP contribution in [0.1, 0.15) is 40.5 Å². The molecule has 0 fully saturated rings. The first-order chi connectivity index (χ1) is 6.08. The summed E-state index contributed by atoms with van der Waals surface area (Å²) in [7, 11) is 3.66. The molecule has 0 aromatic rings. The number of rotatable bonds is 6. The summed E-state index contributed by atoms with van der Waals surface area (Å²) in [5, 5.41) is 0. The first kappa shape index (κ1) is 13.7. The summed E-state index contributed by atoms with van der Waals surface area (Å²) in [6, 6.07) is 0. The van der Waals surface area contributed by atoms with E-state index >= 15 is 0 Å². The Morgan fingerprint density at radius 2 is 1.23 bits per heavy atom. The third-order valence-electron chi connectivity index (χ3n) is 3.24. The molecular weight excluding hydrogens is 271 g/mol. The molecule has 0 bridgehead atoms. The maximum atomic E-state index is 5.78. The van der Waals surface area contributed by atoms with Crippen molar-refractivity contribution in [2.24, 2.45) is 0 Å². The zero-order valence-corrected chi connectivity index (χ0v) is 12.7. The van der Waals surface area contributed by atoms with Crippen molar-refractivity contribution >= 4 is 19.2 Å². The van der Waals surface area contributed by atoms with Gasteiger partial charge >= 0.3 is 88.0 Å². The Kier molecular flexibility index (Phi) is 6.59. The van der Waals surface area contributed by atoms with E-state index in [-0.39, 0.29) is 0 Å². The second-order valence-electron chi connectivity index (χ2n) is 3.75. The molecule has 3 heteroatoms. The molecule has 13 heavy (non-hydrogen) atoms. The van der Waals surface area contributed by atoms with Crippen LogP contribution in [0.2, 0.25) is 7.87 Å². The van der Waals surface area contributed by atoms with Gasteiger partial charge in [0.25, 0.3) is 0 Å². The van der Waals surface area contributed by atoms with Crippen molar-refractivity contribution in [1.29, 1.82) is 0 Å². The molecule has 2 nitrogen and oxygen atoms in total. The molecular formula is C10H24O2Sn.